The van der Waals surface area contributed by atoms with Crippen LogP contribution >= 0.6 is 0 Å². The molecule has 0 saturated carbocycles. The molecule has 1 fully saturated rings. The van der Waals surface area contributed by atoms with Crippen LogP contribution in [-0.4, -0.2) is 47.3 Å². The number of phenolic OH excluding ortho intramolecular Hbond substituents is 1. The molecule has 1 atom stereocenters. The van der Waals surface area contributed by atoms with Crippen LogP contribution in [0.5, 0.6) is 5.75 Å². The summed E-state index contributed by atoms with van der Waals surface area (Å²) in [5, 5.41) is 16.1. The molecule has 176 valence electrons. The summed E-state index contributed by atoms with van der Waals surface area (Å²) >= 11 is 0. The molecule has 3 N–H and O–H groups in total. The molecule has 6 heteroatoms. The number of benzene rings is 3. The van der Waals surface area contributed by atoms with Crippen LogP contribution in [0, 0.1) is 5.92 Å². The molecule has 6 nitrogen and oxygen atoms in total. The number of piperidine rings is 1. The highest BCUT2D eigenvalue weighted by Crippen LogP contribution is 2.23. The molecule has 1 amide bonds. The van der Waals surface area contributed by atoms with Crippen molar-refractivity contribution in [2.24, 2.45) is 5.92 Å². The van der Waals surface area contributed by atoms with Crippen LogP contribution in [0.3, 0.4) is 0 Å². The van der Waals surface area contributed by atoms with E-state index in [1.54, 1.807) is 12.1 Å². The van der Waals surface area contributed by atoms with Crippen LogP contribution in [0.1, 0.15) is 24.0 Å². The van der Waals surface area contributed by atoms with E-state index in [1.807, 2.05) is 12.3 Å². The molecule has 1 aliphatic rings. The fourth-order valence-corrected chi connectivity index (χ4v) is 4.94. The van der Waals surface area contributed by atoms with E-state index in [-0.39, 0.29) is 11.8 Å². The molecule has 34 heavy (non-hydrogen) atoms. The van der Waals surface area contributed by atoms with Crippen molar-refractivity contribution >= 4 is 27.8 Å². The Kier molecular flexibility index (Phi) is 6.67. The van der Waals surface area contributed by atoms with Crippen molar-refractivity contribution in [3.8, 4) is 5.75 Å². The largest absolute Gasteiger partial charge is 0.508 e. The van der Waals surface area contributed by atoms with Gasteiger partial charge in [-0.05, 0) is 72.0 Å². The molecular formula is C28H31N3O3. The third kappa shape index (κ3) is 5.34. The molecule has 2 heterocycles. The van der Waals surface area contributed by atoms with Gasteiger partial charge < -0.3 is 20.1 Å². The molecule has 1 aliphatic heterocycles. The number of carbonyl (C=O) groups excluding carboxylic acids is 1. The summed E-state index contributed by atoms with van der Waals surface area (Å²) in [6.07, 6.45) is 4.43. The molecule has 1 aromatic heterocycles. The first kappa shape index (κ1) is 22.3. The van der Waals surface area contributed by atoms with E-state index < -0.39 is 0 Å². The number of aromatic nitrogens is 1. The number of amides is 1. The van der Waals surface area contributed by atoms with Crippen LogP contribution in [-0.2, 0) is 17.7 Å². The molecule has 5 rings (SSSR count). The number of fused-ring (bicyclic) bond motifs is 2. The number of phenols is 1. The molecule has 0 radical (unpaired) electrons. The molecular weight excluding hydrogens is 426 g/mol. The van der Waals surface area contributed by atoms with Crippen LogP contribution in [0.4, 0.5) is 4.79 Å². The van der Waals surface area contributed by atoms with Crippen LogP contribution in [0.25, 0.3) is 21.7 Å². The van der Waals surface area contributed by atoms with Gasteiger partial charge in [-0.25, -0.2) is 4.79 Å². The molecule has 3 aromatic carbocycles. The maximum atomic E-state index is 12.2. The Bertz CT molecular complexity index is 1280. The van der Waals surface area contributed by atoms with E-state index in [1.165, 1.54) is 16.3 Å². The molecule has 4 aromatic rings. The van der Waals surface area contributed by atoms with E-state index in [4.69, 9.17) is 4.74 Å². The van der Waals surface area contributed by atoms with Gasteiger partial charge in [0.1, 0.15) is 5.75 Å². The van der Waals surface area contributed by atoms with Gasteiger partial charge in [0.15, 0.2) is 0 Å². The maximum Gasteiger partial charge on any atom is 0.407 e. The zero-order valence-electron chi connectivity index (χ0n) is 19.3. The fourth-order valence-electron chi connectivity index (χ4n) is 4.94. The minimum Gasteiger partial charge on any atom is -0.508 e. The Hall–Kier alpha value is -3.51. The Morgan fingerprint density at radius 1 is 1.12 bits per heavy atom. The lowest BCUT2D eigenvalue weighted by Gasteiger charge is -2.32. The number of likely N-dealkylation sites (tertiary alicyclic amines) is 1. The monoisotopic (exact) mass is 457 g/mol. The van der Waals surface area contributed by atoms with Crippen LogP contribution < -0.4 is 5.32 Å². The van der Waals surface area contributed by atoms with Crippen LogP contribution in [0.2, 0.25) is 0 Å². The van der Waals surface area contributed by atoms with Crippen molar-refractivity contribution in [1.29, 1.82) is 0 Å². The lowest BCUT2D eigenvalue weighted by molar-refractivity contribution is 0.0871. The summed E-state index contributed by atoms with van der Waals surface area (Å²) in [4.78, 5) is 17.9. The van der Waals surface area contributed by atoms with E-state index in [2.05, 4.69) is 57.7 Å². The average molecular weight is 458 g/mol. The van der Waals surface area contributed by atoms with E-state index in [0.29, 0.717) is 25.5 Å². The van der Waals surface area contributed by atoms with Gasteiger partial charge in [0.05, 0.1) is 6.61 Å². The number of ether oxygens (including phenoxy) is 1. The highest BCUT2D eigenvalue weighted by atomic mass is 16.5. The number of nitrogens with one attached hydrogen (secondary N) is 2. The number of nitrogens with zero attached hydrogens (tertiary/aromatic N) is 1. The van der Waals surface area contributed by atoms with Gasteiger partial charge in [-0.3, -0.25) is 4.90 Å². The predicted octanol–water partition coefficient (Wildman–Crippen LogP) is 5.21. The zero-order chi connectivity index (χ0) is 23.3. The van der Waals surface area contributed by atoms with Gasteiger partial charge in [0, 0.05) is 42.7 Å². The summed E-state index contributed by atoms with van der Waals surface area (Å²) < 4.78 is 5.54. The van der Waals surface area contributed by atoms with E-state index in [0.717, 1.165) is 48.9 Å². The SMILES string of the molecule is O=C(NCCc1c[nH]c2ccc(O)cc12)OCC1CCCN(Cc2ccc3ccccc3c2)C1. The molecule has 1 unspecified atom stereocenters. The first-order chi connectivity index (χ1) is 16.6. The first-order valence-electron chi connectivity index (χ1n) is 12.0. The smallest absolute Gasteiger partial charge is 0.407 e. The lowest BCUT2D eigenvalue weighted by Crippen LogP contribution is -2.38. The number of aromatic hydroxyl groups is 1. The number of alkyl carbamates (subject to hydrolysis) is 1. The highest BCUT2D eigenvalue weighted by molar-refractivity contribution is 5.84. The van der Waals surface area contributed by atoms with E-state index >= 15 is 0 Å². The zero-order valence-corrected chi connectivity index (χ0v) is 19.3. The van der Waals surface area contributed by atoms with Gasteiger partial charge in [0.25, 0.3) is 0 Å². The highest BCUT2D eigenvalue weighted by Gasteiger charge is 2.21. The quantitative estimate of drug-likeness (QED) is 0.356. The number of carbonyl (C=O) groups is 1. The summed E-state index contributed by atoms with van der Waals surface area (Å²) in [5.74, 6) is 0.597. The van der Waals surface area contributed by atoms with Crippen molar-refractivity contribution < 1.29 is 14.6 Å². The number of hydrogen-bond acceptors (Lipinski definition) is 4. The van der Waals surface area contributed by atoms with Crippen molar-refractivity contribution in [2.45, 2.75) is 25.8 Å². The second-order valence-corrected chi connectivity index (χ2v) is 9.24. The van der Waals surface area contributed by atoms with Gasteiger partial charge in [-0.1, -0.05) is 36.4 Å². The summed E-state index contributed by atoms with van der Waals surface area (Å²) in [7, 11) is 0. The first-order valence-corrected chi connectivity index (χ1v) is 12.0. The van der Waals surface area contributed by atoms with Crippen LogP contribution in [0.15, 0.2) is 66.9 Å². The number of aromatic amines is 1. The predicted molar refractivity (Wildman–Crippen MR) is 135 cm³/mol. The van der Waals surface area contributed by atoms with Gasteiger partial charge >= 0.3 is 6.09 Å². The number of hydrogen-bond donors (Lipinski definition) is 3. The molecule has 0 aliphatic carbocycles. The third-order valence-corrected chi connectivity index (χ3v) is 6.69. The number of H-pyrrole nitrogens is 1. The summed E-state index contributed by atoms with van der Waals surface area (Å²) in [5.41, 5.74) is 3.35. The fraction of sp³-hybridized carbons (Fsp3) is 0.321. The Morgan fingerprint density at radius 2 is 2.00 bits per heavy atom. The van der Waals surface area contributed by atoms with Gasteiger partial charge in [0.2, 0.25) is 0 Å². The second kappa shape index (κ2) is 10.2. The van der Waals surface area contributed by atoms with Crippen molar-refractivity contribution in [2.75, 3.05) is 26.2 Å². The summed E-state index contributed by atoms with van der Waals surface area (Å²) in [6, 6.07) is 20.4. The van der Waals surface area contributed by atoms with E-state index in [9.17, 15) is 9.90 Å². The maximum absolute atomic E-state index is 12.2. The van der Waals surface area contributed by atoms with Crippen molar-refractivity contribution in [3.63, 3.8) is 0 Å². The second-order valence-electron chi connectivity index (χ2n) is 9.24. The van der Waals surface area contributed by atoms with Crippen molar-refractivity contribution in [1.82, 2.24) is 15.2 Å². The van der Waals surface area contributed by atoms with Gasteiger partial charge in [-0.15, -0.1) is 0 Å². The third-order valence-electron chi connectivity index (χ3n) is 6.69. The average Bonchev–Trinajstić information content (AvgIpc) is 3.25. The Balaban J connectivity index is 1.06. The Morgan fingerprint density at radius 3 is 2.91 bits per heavy atom. The molecule has 0 spiro atoms. The van der Waals surface area contributed by atoms with Crippen molar-refractivity contribution in [3.05, 3.63) is 78.0 Å². The standard InChI is InChI=1S/C28H31N3O3/c32-25-9-10-27-26(15-25)24(16-30-27)11-12-29-28(33)34-19-21-4-3-13-31(18-21)17-20-7-8-22-5-1-2-6-23(22)14-20/h1-2,5-10,14-16,21,30,32H,3-4,11-13,17-19H2,(H,29,33). The Labute approximate surface area is 199 Å². The summed E-state index contributed by atoms with van der Waals surface area (Å²) in [6.45, 7) is 3.88. The normalized spacial score (nSPS) is 16.6. The molecule has 1 saturated heterocycles. The molecule has 0 bridgehead atoms. The lowest BCUT2D eigenvalue weighted by atomic mass is 9.98. The number of rotatable bonds is 7. The van der Waals surface area contributed by atoms with Gasteiger partial charge in [-0.2, -0.15) is 0 Å². The topological polar surface area (TPSA) is 77.6 Å². The minimum atomic E-state index is -0.366. The minimum absolute atomic E-state index is 0.239.